The van der Waals surface area contributed by atoms with Crippen LogP contribution in [0.25, 0.3) is 0 Å². The number of rotatable bonds is 15. The summed E-state index contributed by atoms with van der Waals surface area (Å²) in [6, 6.07) is 0. The summed E-state index contributed by atoms with van der Waals surface area (Å²) in [7, 11) is 0. The molecule has 0 saturated heterocycles. The first-order valence-electron chi connectivity index (χ1n) is 8.68. The molecule has 0 fully saturated rings. The van der Waals surface area contributed by atoms with E-state index in [0.29, 0.717) is 52.6 Å². The van der Waals surface area contributed by atoms with Crippen LogP contribution >= 0.6 is 0 Å². The van der Waals surface area contributed by atoms with Gasteiger partial charge in [0.2, 0.25) is 5.91 Å². The minimum absolute atomic E-state index is 0.00976. The second-order valence-electron chi connectivity index (χ2n) is 6.35. The lowest BCUT2D eigenvalue weighted by molar-refractivity contribution is -0.154. The van der Waals surface area contributed by atoms with Gasteiger partial charge in [-0.1, -0.05) is 0 Å². The average molecular weight is 363 g/mol. The first kappa shape index (κ1) is 23.8. The molecule has 0 atom stereocenters. The molecule has 1 amide bonds. The maximum Gasteiger partial charge on any atom is 0.306 e. The predicted molar refractivity (Wildman–Crippen MR) is 92.2 cm³/mol. The fraction of sp³-hybridized carbons (Fsp3) is 0.882. The molecular formula is C17H33NO7. The van der Waals surface area contributed by atoms with Gasteiger partial charge in [0.05, 0.1) is 46.2 Å². The van der Waals surface area contributed by atoms with Gasteiger partial charge in [0.15, 0.2) is 0 Å². The van der Waals surface area contributed by atoms with Crippen molar-refractivity contribution in [1.82, 2.24) is 5.32 Å². The third-order valence-electron chi connectivity index (χ3n) is 2.75. The van der Waals surface area contributed by atoms with Gasteiger partial charge < -0.3 is 29.4 Å². The Morgan fingerprint density at radius 2 is 1.44 bits per heavy atom. The maximum absolute atomic E-state index is 11.6. The molecule has 148 valence electrons. The van der Waals surface area contributed by atoms with E-state index in [1.807, 2.05) is 20.8 Å². The first-order chi connectivity index (χ1) is 11.8. The Bertz CT molecular complexity index is 355. The molecule has 0 aromatic heterocycles. The molecule has 0 aromatic carbocycles. The van der Waals surface area contributed by atoms with Crippen LogP contribution in [0.1, 0.15) is 40.0 Å². The number of hydrogen-bond donors (Lipinski definition) is 2. The van der Waals surface area contributed by atoms with Crippen LogP contribution in [0.3, 0.4) is 0 Å². The topological polar surface area (TPSA) is 103 Å². The lowest BCUT2D eigenvalue weighted by Gasteiger charge is -2.19. The van der Waals surface area contributed by atoms with Gasteiger partial charge >= 0.3 is 5.97 Å². The second-order valence-corrected chi connectivity index (χ2v) is 6.35. The van der Waals surface area contributed by atoms with Crippen molar-refractivity contribution < 1.29 is 33.6 Å². The molecule has 0 aliphatic heterocycles. The average Bonchev–Trinajstić information content (AvgIpc) is 2.51. The Labute approximate surface area is 150 Å². The zero-order valence-corrected chi connectivity index (χ0v) is 15.7. The Balaban J connectivity index is 3.35. The molecule has 0 rings (SSSR count). The third-order valence-corrected chi connectivity index (χ3v) is 2.75. The standard InChI is InChI=1S/C17H33NO7/c1-17(2,3)25-16(21)6-4-5-15(20)18-7-9-22-11-13-24-14-12-23-10-8-19/h19H,4-14H2,1-3H3,(H,18,20). The van der Waals surface area contributed by atoms with Gasteiger partial charge in [0, 0.05) is 19.4 Å². The fourth-order valence-corrected chi connectivity index (χ4v) is 1.74. The molecule has 0 aromatic rings. The maximum atomic E-state index is 11.6. The van der Waals surface area contributed by atoms with Crippen LogP contribution in [-0.4, -0.2) is 75.4 Å². The van der Waals surface area contributed by atoms with E-state index < -0.39 is 5.60 Å². The summed E-state index contributed by atoms with van der Waals surface area (Å²) in [6.07, 6.45) is 0.991. The van der Waals surface area contributed by atoms with Crippen LogP contribution in [-0.2, 0) is 28.5 Å². The summed E-state index contributed by atoms with van der Waals surface area (Å²) >= 11 is 0. The van der Waals surface area contributed by atoms with Crippen LogP contribution in [0.15, 0.2) is 0 Å². The van der Waals surface area contributed by atoms with Crippen molar-refractivity contribution in [2.45, 2.75) is 45.6 Å². The molecule has 0 bridgehead atoms. The Hall–Kier alpha value is -1.22. The van der Waals surface area contributed by atoms with E-state index in [-0.39, 0.29) is 31.3 Å². The number of carbonyl (C=O) groups is 2. The first-order valence-corrected chi connectivity index (χ1v) is 8.68. The van der Waals surface area contributed by atoms with Gasteiger partial charge in [-0.2, -0.15) is 0 Å². The molecule has 0 aliphatic carbocycles. The monoisotopic (exact) mass is 363 g/mol. The molecule has 0 radical (unpaired) electrons. The second kappa shape index (κ2) is 15.1. The highest BCUT2D eigenvalue weighted by Gasteiger charge is 2.16. The molecule has 0 unspecified atom stereocenters. The van der Waals surface area contributed by atoms with Crippen LogP contribution in [0.4, 0.5) is 0 Å². The lowest BCUT2D eigenvalue weighted by atomic mass is 10.2. The van der Waals surface area contributed by atoms with E-state index in [0.717, 1.165) is 0 Å². The van der Waals surface area contributed by atoms with E-state index in [1.165, 1.54) is 0 Å². The summed E-state index contributed by atoms with van der Waals surface area (Å²) in [5, 5.41) is 11.2. The number of aliphatic hydroxyl groups excluding tert-OH is 1. The predicted octanol–water partition coefficient (Wildman–Crippen LogP) is 0.657. The molecular weight excluding hydrogens is 330 g/mol. The van der Waals surface area contributed by atoms with Crippen LogP contribution < -0.4 is 5.32 Å². The van der Waals surface area contributed by atoms with Gasteiger partial charge in [-0.25, -0.2) is 0 Å². The normalized spacial score (nSPS) is 11.4. The Kier molecular flexibility index (Phi) is 14.3. The Morgan fingerprint density at radius 3 is 2.00 bits per heavy atom. The zero-order valence-electron chi connectivity index (χ0n) is 15.7. The minimum atomic E-state index is -0.493. The highest BCUT2D eigenvalue weighted by atomic mass is 16.6. The van der Waals surface area contributed by atoms with E-state index in [4.69, 9.17) is 24.1 Å². The molecule has 25 heavy (non-hydrogen) atoms. The van der Waals surface area contributed by atoms with Crippen molar-refractivity contribution in [3.63, 3.8) is 0 Å². The van der Waals surface area contributed by atoms with Gasteiger partial charge in [0.1, 0.15) is 5.60 Å². The highest BCUT2D eigenvalue weighted by molar-refractivity contribution is 5.77. The summed E-state index contributed by atoms with van der Waals surface area (Å²) in [5.74, 6) is -0.394. The number of hydrogen-bond acceptors (Lipinski definition) is 7. The van der Waals surface area contributed by atoms with Crippen molar-refractivity contribution in [1.29, 1.82) is 0 Å². The van der Waals surface area contributed by atoms with Gasteiger partial charge in [0.25, 0.3) is 0 Å². The number of ether oxygens (including phenoxy) is 4. The molecule has 0 aliphatic rings. The molecule has 0 spiro atoms. The lowest BCUT2D eigenvalue weighted by Crippen LogP contribution is -2.28. The van der Waals surface area contributed by atoms with Crippen molar-refractivity contribution in [3.05, 3.63) is 0 Å². The smallest absolute Gasteiger partial charge is 0.306 e. The zero-order chi connectivity index (χ0) is 19.0. The summed E-state index contributed by atoms with van der Waals surface area (Å²) in [5.41, 5.74) is -0.493. The molecule has 8 nitrogen and oxygen atoms in total. The summed E-state index contributed by atoms with van der Waals surface area (Å²) in [4.78, 5) is 23.1. The SMILES string of the molecule is CC(C)(C)OC(=O)CCCC(=O)NCCOCCOCCOCCO. The van der Waals surface area contributed by atoms with Crippen molar-refractivity contribution in [2.24, 2.45) is 0 Å². The Morgan fingerprint density at radius 1 is 0.880 bits per heavy atom. The number of amides is 1. The largest absolute Gasteiger partial charge is 0.460 e. The number of esters is 1. The quantitative estimate of drug-likeness (QED) is 0.325. The third kappa shape index (κ3) is 19.0. The molecule has 2 N–H and O–H groups in total. The molecule has 0 heterocycles. The van der Waals surface area contributed by atoms with Gasteiger partial charge in [-0.15, -0.1) is 0 Å². The molecule has 0 saturated carbocycles. The van der Waals surface area contributed by atoms with Crippen molar-refractivity contribution >= 4 is 11.9 Å². The molecule has 8 heteroatoms. The number of carbonyl (C=O) groups excluding carboxylic acids is 2. The van der Waals surface area contributed by atoms with Gasteiger partial charge in [-0.05, 0) is 27.2 Å². The number of aliphatic hydroxyl groups is 1. The van der Waals surface area contributed by atoms with Crippen LogP contribution in [0.2, 0.25) is 0 Å². The van der Waals surface area contributed by atoms with Crippen molar-refractivity contribution in [2.75, 3.05) is 52.8 Å². The summed E-state index contributed by atoms with van der Waals surface area (Å²) < 4.78 is 20.8. The van der Waals surface area contributed by atoms with Crippen LogP contribution in [0, 0.1) is 0 Å². The van der Waals surface area contributed by atoms with Crippen molar-refractivity contribution in [3.8, 4) is 0 Å². The summed E-state index contributed by atoms with van der Waals surface area (Å²) in [6.45, 7) is 8.38. The fourth-order valence-electron chi connectivity index (χ4n) is 1.74. The van der Waals surface area contributed by atoms with Gasteiger partial charge in [-0.3, -0.25) is 9.59 Å². The van der Waals surface area contributed by atoms with Crippen LogP contribution in [0.5, 0.6) is 0 Å². The van der Waals surface area contributed by atoms with E-state index >= 15 is 0 Å². The van der Waals surface area contributed by atoms with E-state index in [1.54, 1.807) is 0 Å². The highest BCUT2D eigenvalue weighted by Crippen LogP contribution is 2.09. The van der Waals surface area contributed by atoms with E-state index in [9.17, 15) is 9.59 Å². The number of nitrogens with one attached hydrogen (secondary N) is 1. The minimum Gasteiger partial charge on any atom is -0.460 e. The van der Waals surface area contributed by atoms with E-state index in [2.05, 4.69) is 5.32 Å².